The lowest BCUT2D eigenvalue weighted by Gasteiger charge is -2.24. The largest absolute Gasteiger partial charge is 0.480 e. The summed E-state index contributed by atoms with van der Waals surface area (Å²) in [5, 5.41) is 9.39. The third-order valence-corrected chi connectivity index (χ3v) is 4.03. The number of nitrogens with zero attached hydrogens (tertiary/aromatic N) is 1. The molecule has 6 nitrogen and oxygen atoms in total. The highest BCUT2D eigenvalue weighted by atomic mass is 79.9. The minimum Gasteiger partial charge on any atom is -0.480 e. The molecule has 7 heteroatoms. The Bertz CT molecular complexity index is 590. The number of carboxylic acids is 1. The van der Waals surface area contributed by atoms with E-state index in [1.807, 2.05) is 12.1 Å². The molecule has 1 aliphatic rings. The van der Waals surface area contributed by atoms with Crippen LogP contribution in [-0.4, -0.2) is 40.4 Å². The molecule has 0 saturated carbocycles. The summed E-state index contributed by atoms with van der Waals surface area (Å²) in [6, 6.07) is 6.25. The van der Waals surface area contributed by atoms with Gasteiger partial charge in [-0.2, -0.15) is 0 Å². The molecule has 1 aromatic carbocycles. The minimum absolute atomic E-state index is 0.0163. The number of carbonyl (C=O) groups excluding carboxylic acids is 2. The Labute approximate surface area is 130 Å². The quantitative estimate of drug-likeness (QED) is 0.815. The summed E-state index contributed by atoms with van der Waals surface area (Å²) in [5.41, 5.74) is 6.00. The fraction of sp³-hybridized carbons (Fsp3) is 0.357. The first-order chi connectivity index (χ1) is 9.88. The highest BCUT2D eigenvalue weighted by molar-refractivity contribution is 9.10. The molecule has 0 spiro atoms. The van der Waals surface area contributed by atoms with Gasteiger partial charge in [0.25, 0.3) is 0 Å². The molecule has 1 aromatic rings. The second-order valence-corrected chi connectivity index (χ2v) is 5.95. The first-order valence-electron chi connectivity index (χ1n) is 6.44. The third kappa shape index (κ3) is 3.60. The van der Waals surface area contributed by atoms with Crippen molar-refractivity contribution in [3.05, 3.63) is 34.3 Å². The van der Waals surface area contributed by atoms with E-state index in [-0.39, 0.29) is 25.3 Å². The van der Waals surface area contributed by atoms with Crippen LogP contribution >= 0.6 is 15.9 Å². The number of benzene rings is 1. The number of carboxylic acid groups (broad SMARTS) is 1. The molecular weight excluding hydrogens is 340 g/mol. The van der Waals surface area contributed by atoms with Crippen molar-refractivity contribution in [2.24, 2.45) is 11.7 Å². The van der Waals surface area contributed by atoms with E-state index in [1.54, 1.807) is 12.1 Å². The molecule has 1 unspecified atom stereocenters. The number of nitrogens with two attached hydrogens (primary N) is 1. The molecule has 0 radical (unpaired) electrons. The number of amides is 2. The Kier molecular flexibility index (Phi) is 4.62. The maximum atomic E-state index is 11.9. The summed E-state index contributed by atoms with van der Waals surface area (Å²) in [6.45, 7) is 0.0686. The normalized spacial score (nSPS) is 19.6. The van der Waals surface area contributed by atoms with Crippen LogP contribution in [0.5, 0.6) is 0 Å². The van der Waals surface area contributed by atoms with Crippen LogP contribution in [0, 0.1) is 5.92 Å². The van der Waals surface area contributed by atoms with E-state index < -0.39 is 23.8 Å². The van der Waals surface area contributed by atoms with Gasteiger partial charge in [0, 0.05) is 23.9 Å². The van der Waals surface area contributed by atoms with Gasteiger partial charge in [-0.05, 0) is 17.7 Å². The standard InChI is InChI=1S/C14H15BrN2O4/c15-10-3-1-2-8(4-10)5-11(14(20)21)17-7-9(13(16)19)6-12(17)18/h1-4,9,11H,5-7H2,(H2,16,19)(H,20,21)/t9?,11-/m0/s1. The minimum atomic E-state index is -1.09. The lowest BCUT2D eigenvalue weighted by Crippen LogP contribution is -2.44. The van der Waals surface area contributed by atoms with Gasteiger partial charge in [0.05, 0.1) is 5.92 Å². The summed E-state index contributed by atoms with van der Waals surface area (Å²) in [4.78, 5) is 35.8. The fourth-order valence-electron chi connectivity index (χ4n) is 2.44. The number of carbonyl (C=O) groups is 3. The van der Waals surface area contributed by atoms with Gasteiger partial charge in [-0.25, -0.2) is 4.79 Å². The van der Waals surface area contributed by atoms with E-state index in [1.165, 1.54) is 4.90 Å². The molecule has 0 aromatic heterocycles. The van der Waals surface area contributed by atoms with Crippen LogP contribution in [0.1, 0.15) is 12.0 Å². The number of halogens is 1. The van der Waals surface area contributed by atoms with Gasteiger partial charge in [0.15, 0.2) is 0 Å². The summed E-state index contributed by atoms with van der Waals surface area (Å²) < 4.78 is 0.840. The number of hydrogen-bond donors (Lipinski definition) is 2. The van der Waals surface area contributed by atoms with Crippen molar-refractivity contribution < 1.29 is 19.5 Å². The smallest absolute Gasteiger partial charge is 0.326 e. The van der Waals surface area contributed by atoms with Crippen molar-refractivity contribution in [2.75, 3.05) is 6.54 Å². The molecule has 1 heterocycles. The van der Waals surface area contributed by atoms with Crippen molar-refractivity contribution in [1.29, 1.82) is 0 Å². The zero-order chi connectivity index (χ0) is 15.6. The zero-order valence-electron chi connectivity index (χ0n) is 11.2. The molecule has 1 fully saturated rings. The average Bonchev–Trinajstić information content (AvgIpc) is 2.78. The summed E-state index contributed by atoms with van der Waals surface area (Å²) in [5.74, 6) is -2.62. The highest BCUT2D eigenvalue weighted by Crippen LogP contribution is 2.23. The lowest BCUT2D eigenvalue weighted by atomic mass is 10.0. The number of likely N-dealkylation sites (tertiary alicyclic amines) is 1. The second kappa shape index (κ2) is 6.26. The Morgan fingerprint density at radius 2 is 2.19 bits per heavy atom. The molecule has 1 aliphatic heterocycles. The third-order valence-electron chi connectivity index (χ3n) is 3.54. The van der Waals surface area contributed by atoms with Crippen LogP contribution < -0.4 is 5.73 Å². The Balaban J connectivity index is 2.18. The van der Waals surface area contributed by atoms with Crippen molar-refractivity contribution in [2.45, 2.75) is 18.9 Å². The summed E-state index contributed by atoms with van der Waals surface area (Å²) in [7, 11) is 0. The van der Waals surface area contributed by atoms with Gasteiger partial charge in [-0.1, -0.05) is 28.1 Å². The van der Waals surface area contributed by atoms with E-state index in [9.17, 15) is 19.5 Å². The van der Waals surface area contributed by atoms with Crippen LogP contribution in [0.25, 0.3) is 0 Å². The number of rotatable bonds is 5. The van der Waals surface area contributed by atoms with Crippen molar-refractivity contribution in [3.63, 3.8) is 0 Å². The molecule has 2 rings (SSSR count). The van der Waals surface area contributed by atoms with E-state index in [2.05, 4.69) is 15.9 Å². The maximum absolute atomic E-state index is 11.9. The van der Waals surface area contributed by atoms with Gasteiger partial charge in [-0.3, -0.25) is 9.59 Å². The van der Waals surface area contributed by atoms with E-state index in [0.717, 1.165) is 10.0 Å². The van der Waals surface area contributed by atoms with Crippen molar-refractivity contribution in [3.8, 4) is 0 Å². The molecule has 2 amide bonds. The van der Waals surface area contributed by atoms with Gasteiger partial charge in [0.1, 0.15) is 6.04 Å². The Morgan fingerprint density at radius 1 is 1.48 bits per heavy atom. The van der Waals surface area contributed by atoms with Gasteiger partial charge < -0.3 is 15.7 Å². The Hall–Kier alpha value is -1.89. The van der Waals surface area contributed by atoms with Gasteiger partial charge >= 0.3 is 5.97 Å². The van der Waals surface area contributed by atoms with Crippen molar-refractivity contribution in [1.82, 2.24) is 4.90 Å². The SMILES string of the molecule is NC(=O)C1CC(=O)N([C@@H](Cc2cccc(Br)c2)C(=O)O)C1. The predicted octanol–water partition coefficient (Wildman–Crippen LogP) is 0.779. The van der Waals surface area contributed by atoms with E-state index in [0.29, 0.717) is 0 Å². The van der Waals surface area contributed by atoms with Gasteiger partial charge in [-0.15, -0.1) is 0 Å². The first kappa shape index (κ1) is 15.5. The molecule has 0 bridgehead atoms. The molecule has 1 saturated heterocycles. The van der Waals surface area contributed by atoms with Crippen LogP contribution in [0.3, 0.4) is 0 Å². The molecule has 2 atom stereocenters. The average molecular weight is 355 g/mol. The number of aliphatic carboxylic acids is 1. The van der Waals surface area contributed by atoms with Gasteiger partial charge in [0.2, 0.25) is 11.8 Å². The molecule has 3 N–H and O–H groups in total. The number of primary amides is 1. The van der Waals surface area contributed by atoms with E-state index >= 15 is 0 Å². The van der Waals surface area contributed by atoms with Crippen LogP contribution in [-0.2, 0) is 20.8 Å². The van der Waals surface area contributed by atoms with Crippen LogP contribution in [0.15, 0.2) is 28.7 Å². The highest BCUT2D eigenvalue weighted by Gasteiger charge is 2.39. The fourth-order valence-corrected chi connectivity index (χ4v) is 2.89. The lowest BCUT2D eigenvalue weighted by molar-refractivity contribution is -0.148. The molecule has 0 aliphatic carbocycles. The topological polar surface area (TPSA) is 101 Å². The monoisotopic (exact) mass is 354 g/mol. The molecule has 21 heavy (non-hydrogen) atoms. The predicted molar refractivity (Wildman–Crippen MR) is 78.3 cm³/mol. The Morgan fingerprint density at radius 3 is 2.71 bits per heavy atom. The summed E-state index contributed by atoms with van der Waals surface area (Å²) >= 11 is 3.32. The summed E-state index contributed by atoms with van der Waals surface area (Å²) in [6.07, 6.45) is 0.170. The molecular formula is C14H15BrN2O4. The van der Waals surface area contributed by atoms with Crippen LogP contribution in [0.4, 0.5) is 0 Å². The zero-order valence-corrected chi connectivity index (χ0v) is 12.7. The number of hydrogen-bond acceptors (Lipinski definition) is 3. The van der Waals surface area contributed by atoms with Crippen LogP contribution in [0.2, 0.25) is 0 Å². The van der Waals surface area contributed by atoms with Crippen molar-refractivity contribution >= 4 is 33.7 Å². The first-order valence-corrected chi connectivity index (χ1v) is 7.24. The molecule has 112 valence electrons. The maximum Gasteiger partial charge on any atom is 0.326 e. The second-order valence-electron chi connectivity index (χ2n) is 5.04. The van der Waals surface area contributed by atoms with E-state index in [4.69, 9.17) is 5.73 Å².